The predicted octanol–water partition coefficient (Wildman–Crippen LogP) is 1.04. The Morgan fingerprint density at radius 2 is 1.95 bits per heavy atom. The lowest BCUT2D eigenvalue weighted by Crippen LogP contribution is -2.45. The molecule has 7 heteroatoms. The van der Waals surface area contributed by atoms with Crippen LogP contribution in [0.15, 0.2) is 4.99 Å². The van der Waals surface area contributed by atoms with Gasteiger partial charge in [0.05, 0.1) is 19.3 Å². The van der Waals surface area contributed by atoms with Crippen LogP contribution in [0.3, 0.4) is 0 Å². The van der Waals surface area contributed by atoms with E-state index in [1.807, 2.05) is 0 Å². The third-order valence-electron chi connectivity index (χ3n) is 3.81. The van der Waals surface area contributed by atoms with Gasteiger partial charge in [0.25, 0.3) is 0 Å². The Bertz CT molecular complexity index is 297. The van der Waals surface area contributed by atoms with Gasteiger partial charge in [-0.2, -0.15) is 0 Å². The summed E-state index contributed by atoms with van der Waals surface area (Å²) in [4.78, 5) is 6.84. The van der Waals surface area contributed by atoms with Crippen LogP contribution in [0.2, 0.25) is 0 Å². The Hall–Kier alpha value is -0.120. The number of nitrogens with zero attached hydrogens (tertiary/aromatic N) is 2. The summed E-state index contributed by atoms with van der Waals surface area (Å²) in [6.45, 7) is 6.31. The predicted molar refractivity (Wildman–Crippen MR) is 102 cm³/mol. The summed E-state index contributed by atoms with van der Waals surface area (Å²) in [6.07, 6.45) is 3.68. The van der Waals surface area contributed by atoms with Crippen molar-refractivity contribution in [2.24, 2.45) is 4.99 Å². The molecule has 1 fully saturated rings. The molecule has 0 atom stereocenters. The number of guanidine groups is 1. The van der Waals surface area contributed by atoms with E-state index >= 15 is 0 Å². The first-order valence-electron chi connectivity index (χ1n) is 8.06. The zero-order valence-electron chi connectivity index (χ0n) is 14.2. The first kappa shape index (κ1) is 21.9. The normalized spacial score (nSPS) is 22.3. The number of nitrogens with one attached hydrogen (secondary N) is 2. The highest BCUT2D eigenvalue weighted by atomic mass is 127. The zero-order valence-corrected chi connectivity index (χ0v) is 16.5. The van der Waals surface area contributed by atoms with Crippen LogP contribution in [0.1, 0.15) is 32.6 Å². The summed E-state index contributed by atoms with van der Waals surface area (Å²) in [5, 5.41) is 16.3. The highest BCUT2D eigenvalue weighted by molar-refractivity contribution is 14.0. The second-order valence-corrected chi connectivity index (χ2v) is 5.71. The minimum absolute atomic E-state index is 0. The van der Waals surface area contributed by atoms with E-state index in [4.69, 9.17) is 4.74 Å². The topological polar surface area (TPSA) is 69.1 Å². The fourth-order valence-corrected chi connectivity index (χ4v) is 2.42. The van der Waals surface area contributed by atoms with Gasteiger partial charge in [-0.05, 0) is 39.7 Å². The second kappa shape index (κ2) is 13.3. The van der Waals surface area contributed by atoms with Gasteiger partial charge in [0, 0.05) is 32.8 Å². The van der Waals surface area contributed by atoms with Crippen LogP contribution < -0.4 is 10.6 Å². The molecule has 22 heavy (non-hydrogen) atoms. The monoisotopic (exact) mass is 428 g/mol. The van der Waals surface area contributed by atoms with Crippen LogP contribution in [0.5, 0.6) is 0 Å². The summed E-state index contributed by atoms with van der Waals surface area (Å²) in [6, 6.07) is 0.428. The maximum absolute atomic E-state index is 9.55. The maximum atomic E-state index is 9.55. The van der Waals surface area contributed by atoms with Crippen LogP contribution in [-0.4, -0.2) is 75.1 Å². The lowest BCUT2D eigenvalue weighted by molar-refractivity contribution is 0.120. The summed E-state index contributed by atoms with van der Waals surface area (Å²) >= 11 is 0. The van der Waals surface area contributed by atoms with Gasteiger partial charge in [-0.15, -0.1) is 24.0 Å². The Morgan fingerprint density at radius 1 is 1.27 bits per heavy atom. The van der Waals surface area contributed by atoms with Crippen molar-refractivity contribution in [1.29, 1.82) is 0 Å². The molecule has 1 rings (SSSR count). The fourth-order valence-electron chi connectivity index (χ4n) is 2.42. The molecule has 0 saturated heterocycles. The number of aliphatic hydroxyl groups is 1. The van der Waals surface area contributed by atoms with Gasteiger partial charge in [-0.1, -0.05) is 0 Å². The number of likely N-dealkylation sites (N-methyl/N-ethyl adjacent to an activating group) is 1. The molecule has 1 saturated carbocycles. The van der Waals surface area contributed by atoms with E-state index in [1.54, 1.807) is 7.11 Å². The molecule has 0 aliphatic heterocycles. The second-order valence-electron chi connectivity index (χ2n) is 5.71. The molecule has 0 heterocycles. The molecule has 1 aliphatic rings. The van der Waals surface area contributed by atoms with Crippen molar-refractivity contribution >= 4 is 29.9 Å². The number of hydrogen-bond acceptors (Lipinski definition) is 4. The van der Waals surface area contributed by atoms with E-state index in [0.29, 0.717) is 6.04 Å². The highest BCUT2D eigenvalue weighted by Crippen LogP contribution is 2.18. The summed E-state index contributed by atoms with van der Waals surface area (Å²) in [5.41, 5.74) is 0. The lowest BCUT2D eigenvalue weighted by Gasteiger charge is -2.27. The van der Waals surface area contributed by atoms with E-state index in [-0.39, 0.29) is 30.1 Å². The van der Waals surface area contributed by atoms with E-state index in [1.165, 1.54) is 0 Å². The molecule has 0 aromatic rings. The van der Waals surface area contributed by atoms with Crippen LogP contribution in [0, 0.1) is 0 Å². The van der Waals surface area contributed by atoms with E-state index in [2.05, 4.69) is 34.5 Å². The molecule has 0 unspecified atom stereocenters. The Labute approximate surface area is 152 Å². The highest BCUT2D eigenvalue weighted by Gasteiger charge is 2.19. The number of aliphatic imine (C=N–C) groups is 1. The summed E-state index contributed by atoms with van der Waals surface area (Å²) in [7, 11) is 3.80. The number of hydrogen-bond donors (Lipinski definition) is 3. The number of ether oxygens (including phenoxy) is 1. The first-order chi connectivity index (χ1) is 10.2. The molecule has 0 spiro atoms. The molecule has 0 aromatic carbocycles. The number of rotatable bonds is 8. The molecular weight excluding hydrogens is 395 g/mol. The Balaban J connectivity index is 0.00000441. The van der Waals surface area contributed by atoms with Crippen LogP contribution in [-0.2, 0) is 4.74 Å². The quantitative estimate of drug-likeness (QED) is 0.306. The van der Waals surface area contributed by atoms with Crippen LogP contribution in [0.25, 0.3) is 0 Å². The van der Waals surface area contributed by atoms with Gasteiger partial charge in [-0.3, -0.25) is 4.99 Å². The molecule has 0 amide bonds. The molecule has 3 N–H and O–H groups in total. The third kappa shape index (κ3) is 9.81. The fraction of sp³-hybridized carbons (Fsp3) is 0.933. The minimum atomic E-state index is -0.114. The van der Waals surface area contributed by atoms with Gasteiger partial charge >= 0.3 is 0 Å². The summed E-state index contributed by atoms with van der Waals surface area (Å²) < 4.78 is 5.07. The lowest BCUT2D eigenvalue weighted by atomic mass is 9.93. The van der Waals surface area contributed by atoms with E-state index in [9.17, 15) is 5.11 Å². The Morgan fingerprint density at radius 3 is 2.55 bits per heavy atom. The number of aliphatic hydroxyl groups excluding tert-OH is 1. The van der Waals surface area contributed by atoms with Crippen molar-refractivity contribution in [2.75, 3.05) is 46.9 Å². The van der Waals surface area contributed by atoms with Gasteiger partial charge in [0.15, 0.2) is 5.96 Å². The molecule has 132 valence electrons. The number of methoxy groups -OCH3 is 1. The Kier molecular flexibility index (Phi) is 13.3. The van der Waals surface area contributed by atoms with Crippen molar-refractivity contribution in [3.8, 4) is 0 Å². The number of halogens is 1. The maximum Gasteiger partial charge on any atom is 0.191 e. The van der Waals surface area contributed by atoms with Crippen molar-refractivity contribution < 1.29 is 9.84 Å². The van der Waals surface area contributed by atoms with Crippen molar-refractivity contribution in [1.82, 2.24) is 15.5 Å². The van der Waals surface area contributed by atoms with E-state index < -0.39 is 0 Å². The SMILES string of the molecule is CCNC(=NCCN(C)CCOC)NC1CCC(O)CC1.I. The van der Waals surface area contributed by atoms with Crippen molar-refractivity contribution in [3.63, 3.8) is 0 Å². The molecule has 6 nitrogen and oxygen atoms in total. The first-order valence-corrected chi connectivity index (χ1v) is 8.06. The zero-order chi connectivity index (χ0) is 15.5. The molecular formula is C15H33IN4O2. The van der Waals surface area contributed by atoms with Gasteiger partial charge in [0.1, 0.15) is 0 Å². The van der Waals surface area contributed by atoms with Gasteiger partial charge in [-0.25, -0.2) is 0 Å². The van der Waals surface area contributed by atoms with Crippen molar-refractivity contribution in [3.05, 3.63) is 0 Å². The largest absolute Gasteiger partial charge is 0.393 e. The molecule has 1 aliphatic carbocycles. The van der Waals surface area contributed by atoms with E-state index in [0.717, 1.165) is 64.4 Å². The van der Waals surface area contributed by atoms with Crippen molar-refractivity contribution in [2.45, 2.75) is 44.8 Å². The third-order valence-corrected chi connectivity index (χ3v) is 3.81. The average molecular weight is 428 g/mol. The van der Waals surface area contributed by atoms with Crippen LogP contribution >= 0.6 is 24.0 Å². The van der Waals surface area contributed by atoms with Gasteiger partial charge < -0.3 is 25.4 Å². The van der Waals surface area contributed by atoms with Gasteiger partial charge in [0.2, 0.25) is 0 Å². The standard InChI is InChI=1S/C15H32N4O2.HI/c1-4-16-15(17-9-10-19(2)11-12-21-3)18-13-5-7-14(20)8-6-13;/h13-14,20H,4-12H2,1-3H3,(H2,16,17,18);1H. The smallest absolute Gasteiger partial charge is 0.191 e. The molecule has 0 bridgehead atoms. The molecule has 0 aromatic heterocycles. The minimum Gasteiger partial charge on any atom is -0.393 e. The average Bonchev–Trinajstić information content (AvgIpc) is 2.47. The molecule has 0 radical (unpaired) electrons. The summed E-state index contributed by atoms with van der Waals surface area (Å²) in [5.74, 6) is 0.888. The van der Waals surface area contributed by atoms with Crippen LogP contribution in [0.4, 0.5) is 0 Å².